The van der Waals surface area contributed by atoms with Crippen molar-refractivity contribution in [1.82, 2.24) is 30.3 Å². The first-order valence-corrected chi connectivity index (χ1v) is 7.40. The quantitative estimate of drug-likeness (QED) is 0.867. The Morgan fingerprint density at radius 2 is 2.05 bits per heavy atom. The third-order valence-corrected chi connectivity index (χ3v) is 4.88. The van der Waals surface area contributed by atoms with Crippen molar-refractivity contribution in [3.8, 4) is 10.8 Å². The second kappa shape index (κ2) is 4.53. The van der Waals surface area contributed by atoms with Crippen LogP contribution < -0.4 is 4.90 Å². The molecule has 3 aliphatic rings. The molecule has 2 aromatic rings. The Bertz CT molecular complexity index is 543. The van der Waals surface area contributed by atoms with E-state index in [0.717, 1.165) is 23.2 Å². The highest BCUT2D eigenvalue weighted by Crippen LogP contribution is 2.31. The molecule has 100 valence electrons. The monoisotopic (exact) mass is 277 g/mol. The number of hydrogen-bond acceptors (Lipinski definition) is 7. The Balaban J connectivity index is 1.62. The van der Waals surface area contributed by atoms with Crippen molar-refractivity contribution in [2.24, 2.45) is 0 Å². The Hall–Kier alpha value is -1.54. The molecule has 5 heterocycles. The van der Waals surface area contributed by atoms with E-state index in [-0.39, 0.29) is 0 Å². The molecular weight excluding hydrogens is 262 g/mol. The zero-order chi connectivity index (χ0) is 12.7. The SMILES string of the molecule is c1nc(-c2nnc(N3CCN4CCC3CC4)s2)n[nH]1. The van der Waals surface area contributed by atoms with Gasteiger partial charge in [-0.1, -0.05) is 11.3 Å². The maximum absolute atomic E-state index is 4.34. The summed E-state index contributed by atoms with van der Waals surface area (Å²) in [6.07, 6.45) is 4.03. The molecule has 19 heavy (non-hydrogen) atoms. The lowest BCUT2D eigenvalue weighted by Crippen LogP contribution is -2.37. The number of hydrogen-bond donors (Lipinski definition) is 1. The molecule has 3 fully saturated rings. The van der Waals surface area contributed by atoms with E-state index in [1.54, 1.807) is 17.7 Å². The summed E-state index contributed by atoms with van der Waals surface area (Å²) in [6, 6.07) is 0.617. The van der Waals surface area contributed by atoms with Gasteiger partial charge in [-0.25, -0.2) is 4.98 Å². The van der Waals surface area contributed by atoms with Crippen LogP contribution in [-0.4, -0.2) is 62.5 Å². The van der Waals surface area contributed by atoms with Gasteiger partial charge in [-0.05, 0) is 12.8 Å². The zero-order valence-electron chi connectivity index (χ0n) is 10.5. The highest BCUT2D eigenvalue weighted by atomic mass is 32.1. The summed E-state index contributed by atoms with van der Waals surface area (Å²) >= 11 is 1.58. The number of aromatic amines is 1. The molecule has 3 saturated heterocycles. The van der Waals surface area contributed by atoms with Crippen LogP contribution >= 0.6 is 11.3 Å². The van der Waals surface area contributed by atoms with Crippen molar-refractivity contribution < 1.29 is 0 Å². The molecular formula is C11H15N7S. The van der Waals surface area contributed by atoms with Gasteiger partial charge in [0.1, 0.15) is 6.33 Å². The molecule has 2 bridgehead atoms. The maximum Gasteiger partial charge on any atom is 0.211 e. The molecule has 5 rings (SSSR count). The van der Waals surface area contributed by atoms with E-state index in [0.29, 0.717) is 11.9 Å². The second-order valence-corrected chi connectivity index (χ2v) is 5.93. The molecule has 0 atom stereocenters. The van der Waals surface area contributed by atoms with Gasteiger partial charge >= 0.3 is 0 Å². The second-order valence-electron chi connectivity index (χ2n) is 4.98. The van der Waals surface area contributed by atoms with Crippen molar-refractivity contribution >= 4 is 16.5 Å². The van der Waals surface area contributed by atoms with E-state index in [2.05, 4.69) is 35.2 Å². The van der Waals surface area contributed by atoms with Gasteiger partial charge in [-0.15, -0.1) is 10.2 Å². The van der Waals surface area contributed by atoms with Crippen LogP contribution in [0.4, 0.5) is 5.13 Å². The van der Waals surface area contributed by atoms with Crippen LogP contribution in [0.25, 0.3) is 10.8 Å². The maximum atomic E-state index is 4.34. The van der Waals surface area contributed by atoms with E-state index in [4.69, 9.17) is 0 Å². The Morgan fingerprint density at radius 1 is 1.16 bits per heavy atom. The fourth-order valence-electron chi connectivity index (χ4n) is 2.87. The van der Waals surface area contributed by atoms with Gasteiger partial charge in [-0.2, -0.15) is 5.10 Å². The summed E-state index contributed by atoms with van der Waals surface area (Å²) in [5.74, 6) is 0.631. The number of H-pyrrole nitrogens is 1. The summed E-state index contributed by atoms with van der Waals surface area (Å²) in [5.41, 5.74) is 0. The number of piperidine rings is 1. The average molecular weight is 277 g/mol. The lowest BCUT2D eigenvalue weighted by atomic mass is 10.1. The van der Waals surface area contributed by atoms with Crippen LogP contribution in [0.2, 0.25) is 0 Å². The molecule has 7 nitrogen and oxygen atoms in total. The van der Waals surface area contributed by atoms with Crippen LogP contribution in [0.15, 0.2) is 6.33 Å². The number of nitrogens with zero attached hydrogens (tertiary/aromatic N) is 6. The summed E-state index contributed by atoms with van der Waals surface area (Å²) in [7, 11) is 0. The number of rotatable bonds is 2. The predicted molar refractivity (Wildman–Crippen MR) is 72.1 cm³/mol. The lowest BCUT2D eigenvalue weighted by Gasteiger charge is -2.30. The van der Waals surface area contributed by atoms with Crippen LogP contribution in [-0.2, 0) is 0 Å². The Kier molecular flexibility index (Phi) is 2.70. The highest BCUT2D eigenvalue weighted by molar-refractivity contribution is 7.18. The standard InChI is InChI=1S/C11H15N7S/c1-3-17-4-2-8(1)18(6-5-17)11-16-15-10(19-11)9-12-7-13-14-9/h7-8H,1-6H2,(H,12,13,14). The molecule has 0 aromatic carbocycles. The zero-order valence-corrected chi connectivity index (χ0v) is 11.3. The van der Waals surface area contributed by atoms with Gasteiger partial charge in [-0.3, -0.25) is 5.10 Å². The molecule has 0 amide bonds. The third kappa shape index (κ3) is 2.00. The summed E-state index contributed by atoms with van der Waals surface area (Å²) in [5, 5.41) is 17.1. The molecule has 3 aliphatic heterocycles. The van der Waals surface area contributed by atoms with E-state index in [1.165, 1.54) is 25.9 Å². The average Bonchev–Trinajstić information content (AvgIpc) is 3.05. The highest BCUT2D eigenvalue weighted by Gasteiger charge is 2.31. The van der Waals surface area contributed by atoms with Crippen molar-refractivity contribution in [1.29, 1.82) is 0 Å². The summed E-state index contributed by atoms with van der Waals surface area (Å²) in [4.78, 5) is 9.08. The van der Waals surface area contributed by atoms with E-state index < -0.39 is 0 Å². The minimum absolute atomic E-state index is 0.617. The lowest BCUT2D eigenvalue weighted by molar-refractivity contribution is 0.250. The van der Waals surface area contributed by atoms with Crippen LogP contribution in [0, 0.1) is 0 Å². The van der Waals surface area contributed by atoms with Crippen molar-refractivity contribution in [2.45, 2.75) is 18.9 Å². The van der Waals surface area contributed by atoms with E-state index in [1.807, 2.05) is 0 Å². The number of aromatic nitrogens is 5. The van der Waals surface area contributed by atoms with Crippen LogP contribution in [0.1, 0.15) is 12.8 Å². The predicted octanol–water partition coefficient (Wildman–Crippen LogP) is 0.608. The fourth-order valence-corrected chi connectivity index (χ4v) is 3.76. The van der Waals surface area contributed by atoms with Gasteiger partial charge in [0, 0.05) is 32.2 Å². The molecule has 2 aromatic heterocycles. The van der Waals surface area contributed by atoms with Gasteiger partial charge in [0.25, 0.3) is 0 Å². The smallest absolute Gasteiger partial charge is 0.211 e. The van der Waals surface area contributed by atoms with Crippen molar-refractivity contribution in [3.05, 3.63) is 6.33 Å². The molecule has 8 heteroatoms. The Morgan fingerprint density at radius 3 is 2.84 bits per heavy atom. The third-order valence-electron chi connectivity index (χ3n) is 3.92. The first kappa shape index (κ1) is 11.3. The van der Waals surface area contributed by atoms with E-state index >= 15 is 0 Å². The number of anilines is 1. The van der Waals surface area contributed by atoms with Gasteiger partial charge in [0.15, 0.2) is 5.01 Å². The van der Waals surface area contributed by atoms with Crippen LogP contribution in [0.3, 0.4) is 0 Å². The Labute approximate surface area is 114 Å². The molecule has 0 spiro atoms. The van der Waals surface area contributed by atoms with Crippen molar-refractivity contribution in [3.63, 3.8) is 0 Å². The minimum atomic E-state index is 0.617. The fraction of sp³-hybridized carbons (Fsp3) is 0.636. The van der Waals surface area contributed by atoms with Crippen molar-refractivity contribution in [2.75, 3.05) is 31.1 Å². The van der Waals surface area contributed by atoms with E-state index in [9.17, 15) is 0 Å². The van der Waals surface area contributed by atoms with Gasteiger partial charge in [0.2, 0.25) is 11.0 Å². The first-order valence-electron chi connectivity index (χ1n) is 6.59. The minimum Gasteiger partial charge on any atom is -0.342 e. The van der Waals surface area contributed by atoms with Crippen LogP contribution in [0.5, 0.6) is 0 Å². The molecule has 0 saturated carbocycles. The van der Waals surface area contributed by atoms with Gasteiger partial charge < -0.3 is 9.80 Å². The normalized spacial score (nSPS) is 26.6. The largest absolute Gasteiger partial charge is 0.342 e. The molecule has 0 unspecified atom stereocenters. The number of fused-ring (bicyclic) bond motifs is 4. The van der Waals surface area contributed by atoms with Gasteiger partial charge in [0.05, 0.1) is 0 Å². The first-order chi connectivity index (χ1) is 9.40. The summed E-state index contributed by atoms with van der Waals surface area (Å²) < 4.78 is 0. The summed E-state index contributed by atoms with van der Waals surface area (Å²) in [6.45, 7) is 4.61. The number of nitrogens with one attached hydrogen (secondary N) is 1. The topological polar surface area (TPSA) is 73.8 Å². The molecule has 0 radical (unpaired) electrons. The molecule has 1 N–H and O–H groups in total. The molecule has 0 aliphatic carbocycles.